The lowest BCUT2D eigenvalue weighted by Gasteiger charge is -2.26. The van der Waals surface area contributed by atoms with Gasteiger partial charge in [-0.15, -0.1) is 0 Å². The van der Waals surface area contributed by atoms with Crippen LogP contribution >= 0.6 is 0 Å². The number of rotatable bonds is 6. The molecular formula is C26H27N7O2. The van der Waals surface area contributed by atoms with Crippen LogP contribution in [0.3, 0.4) is 0 Å². The van der Waals surface area contributed by atoms with Crippen molar-refractivity contribution in [1.82, 2.24) is 19.9 Å². The van der Waals surface area contributed by atoms with E-state index >= 15 is 0 Å². The topological polar surface area (TPSA) is 97.6 Å². The summed E-state index contributed by atoms with van der Waals surface area (Å²) in [5, 5.41) is 3.38. The molecule has 1 N–H and O–H groups in total. The lowest BCUT2D eigenvalue weighted by molar-refractivity contribution is 0.122. The number of ether oxygens (including phenoxy) is 2. The molecular weight excluding hydrogens is 442 g/mol. The minimum Gasteiger partial charge on any atom is -0.457 e. The lowest BCUT2D eigenvalue weighted by Crippen LogP contribution is -2.37. The van der Waals surface area contributed by atoms with Crippen molar-refractivity contribution in [2.75, 3.05) is 36.5 Å². The third-order valence-corrected chi connectivity index (χ3v) is 5.77. The summed E-state index contributed by atoms with van der Waals surface area (Å²) in [5.74, 6) is 2.80. The van der Waals surface area contributed by atoms with E-state index in [9.17, 15) is 0 Å². The van der Waals surface area contributed by atoms with Crippen LogP contribution in [0.15, 0.2) is 53.9 Å². The number of hydrogen-bond acceptors (Lipinski definition) is 9. The van der Waals surface area contributed by atoms with Crippen LogP contribution in [0, 0.1) is 13.8 Å². The molecule has 9 heteroatoms. The van der Waals surface area contributed by atoms with E-state index in [0.717, 1.165) is 47.1 Å². The number of hydrogen-bond donors (Lipinski definition) is 1. The van der Waals surface area contributed by atoms with Gasteiger partial charge in [-0.2, -0.15) is 0 Å². The molecule has 1 aliphatic heterocycles. The van der Waals surface area contributed by atoms with Gasteiger partial charge >= 0.3 is 0 Å². The van der Waals surface area contributed by atoms with Crippen molar-refractivity contribution in [1.29, 1.82) is 0 Å². The summed E-state index contributed by atoms with van der Waals surface area (Å²) in [6.45, 7) is 8.80. The molecule has 178 valence electrons. The molecule has 2 aromatic carbocycles. The molecule has 0 saturated carbocycles. The fourth-order valence-electron chi connectivity index (χ4n) is 3.89. The normalized spacial score (nSPS) is 14.0. The Labute approximate surface area is 203 Å². The Morgan fingerprint density at radius 3 is 2.69 bits per heavy atom. The number of nitrogens with one attached hydrogen (secondary N) is 1. The van der Waals surface area contributed by atoms with E-state index in [-0.39, 0.29) is 0 Å². The summed E-state index contributed by atoms with van der Waals surface area (Å²) < 4.78 is 11.6. The van der Waals surface area contributed by atoms with E-state index in [1.165, 1.54) is 6.33 Å². The predicted molar refractivity (Wildman–Crippen MR) is 138 cm³/mol. The van der Waals surface area contributed by atoms with Crippen LogP contribution in [0.5, 0.6) is 11.5 Å². The minimum absolute atomic E-state index is 0.626. The highest BCUT2D eigenvalue weighted by Gasteiger charge is 2.16. The van der Waals surface area contributed by atoms with Gasteiger partial charge in [0.1, 0.15) is 28.9 Å². The zero-order valence-electron chi connectivity index (χ0n) is 20.0. The molecule has 0 radical (unpaired) electrons. The number of anilines is 3. The molecule has 0 spiro atoms. The Kier molecular flexibility index (Phi) is 6.49. The van der Waals surface area contributed by atoms with Gasteiger partial charge in [-0.3, -0.25) is 4.99 Å². The van der Waals surface area contributed by atoms with E-state index in [1.54, 1.807) is 12.4 Å². The monoisotopic (exact) mass is 469 g/mol. The van der Waals surface area contributed by atoms with Crippen LogP contribution in [0.2, 0.25) is 0 Å². The SMILES string of the molecule is C/C=N\c1cc(Oc2ccc(Nc3ncnc4cnc(N5CCOCC5)nc34)cc2C)ccc1C. The molecule has 9 nitrogen and oxygen atoms in total. The molecule has 1 fully saturated rings. The molecule has 1 saturated heterocycles. The summed E-state index contributed by atoms with van der Waals surface area (Å²) in [6, 6.07) is 11.8. The van der Waals surface area contributed by atoms with Crippen LogP contribution < -0.4 is 15.0 Å². The largest absolute Gasteiger partial charge is 0.457 e. The maximum Gasteiger partial charge on any atom is 0.226 e. The third-order valence-electron chi connectivity index (χ3n) is 5.77. The fraction of sp³-hybridized carbons (Fsp3) is 0.269. The van der Waals surface area contributed by atoms with Gasteiger partial charge in [-0.25, -0.2) is 19.9 Å². The number of aromatic nitrogens is 4. The van der Waals surface area contributed by atoms with Gasteiger partial charge in [0, 0.05) is 31.1 Å². The number of nitrogens with zero attached hydrogens (tertiary/aromatic N) is 6. The number of aliphatic imine (C=N–C) groups is 1. The van der Waals surface area contributed by atoms with E-state index in [4.69, 9.17) is 14.5 Å². The summed E-state index contributed by atoms with van der Waals surface area (Å²) in [5.41, 5.74) is 5.21. The standard InChI is InChI=1S/C26H27N7O2/c1-4-27-21-14-20(7-5-17(21)2)35-23-8-6-19(13-18(23)3)31-25-24-22(29-16-30-25)15-28-26(32-24)33-9-11-34-12-10-33/h4-8,13-16H,9-12H2,1-3H3,(H,29,30,31)/b27-4-. The second-order valence-corrected chi connectivity index (χ2v) is 8.27. The molecule has 0 unspecified atom stereocenters. The fourth-order valence-corrected chi connectivity index (χ4v) is 3.89. The zero-order valence-corrected chi connectivity index (χ0v) is 20.0. The van der Waals surface area contributed by atoms with Gasteiger partial charge in [-0.1, -0.05) is 6.07 Å². The third kappa shape index (κ3) is 5.04. The predicted octanol–water partition coefficient (Wildman–Crippen LogP) is 5.13. The summed E-state index contributed by atoms with van der Waals surface area (Å²) in [7, 11) is 0. The molecule has 35 heavy (non-hydrogen) atoms. The molecule has 4 aromatic rings. The van der Waals surface area contributed by atoms with Crippen LogP contribution in [0.4, 0.5) is 23.1 Å². The Morgan fingerprint density at radius 1 is 1.03 bits per heavy atom. The van der Waals surface area contributed by atoms with E-state index in [1.807, 2.05) is 57.2 Å². The maximum atomic E-state index is 6.15. The highest BCUT2D eigenvalue weighted by molar-refractivity contribution is 5.87. The second-order valence-electron chi connectivity index (χ2n) is 8.27. The second kappa shape index (κ2) is 10.0. The molecule has 0 atom stereocenters. The molecule has 0 bridgehead atoms. The summed E-state index contributed by atoms with van der Waals surface area (Å²) in [4.78, 5) is 24.5. The van der Waals surface area contributed by atoms with Gasteiger partial charge in [0.15, 0.2) is 5.82 Å². The van der Waals surface area contributed by atoms with Crippen LogP contribution in [-0.2, 0) is 4.74 Å². The molecule has 0 aliphatic carbocycles. The molecule has 5 rings (SSSR count). The molecule has 3 heterocycles. The van der Waals surface area contributed by atoms with E-state index in [0.29, 0.717) is 36.0 Å². The first-order chi connectivity index (χ1) is 17.1. The highest BCUT2D eigenvalue weighted by atomic mass is 16.5. The van der Waals surface area contributed by atoms with E-state index in [2.05, 4.69) is 30.2 Å². The number of fused-ring (bicyclic) bond motifs is 1. The number of benzene rings is 2. The van der Waals surface area contributed by atoms with Crippen LogP contribution in [0.25, 0.3) is 11.0 Å². The highest BCUT2D eigenvalue weighted by Crippen LogP contribution is 2.32. The zero-order chi connectivity index (χ0) is 24.2. The summed E-state index contributed by atoms with van der Waals surface area (Å²) >= 11 is 0. The first-order valence-corrected chi connectivity index (χ1v) is 11.6. The van der Waals surface area contributed by atoms with Crippen molar-refractivity contribution in [3.8, 4) is 11.5 Å². The Morgan fingerprint density at radius 2 is 1.89 bits per heavy atom. The Hall–Kier alpha value is -4.11. The van der Waals surface area contributed by atoms with E-state index < -0.39 is 0 Å². The Balaban J connectivity index is 1.38. The van der Waals surface area contributed by atoms with Gasteiger partial charge in [0.25, 0.3) is 0 Å². The van der Waals surface area contributed by atoms with Crippen molar-refractivity contribution in [3.05, 3.63) is 60.0 Å². The van der Waals surface area contributed by atoms with Crippen molar-refractivity contribution in [2.45, 2.75) is 20.8 Å². The smallest absolute Gasteiger partial charge is 0.226 e. The lowest BCUT2D eigenvalue weighted by atomic mass is 10.2. The van der Waals surface area contributed by atoms with Crippen molar-refractivity contribution in [2.24, 2.45) is 4.99 Å². The maximum absolute atomic E-state index is 6.15. The quantitative estimate of drug-likeness (QED) is 0.388. The van der Waals surface area contributed by atoms with Gasteiger partial charge in [0.05, 0.1) is 25.1 Å². The van der Waals surface area contributed by atoms with Gasteiger partial charge in [0.2, 0.25) is 5.95 Å². The first kappa shape index (κ1) is 22.7. The van der Waals surface area contributed by atoms with Crippen molar-refractivity contribution in [3.63, 3.8) is 0 Å². The average molecular weight is 470 g/mol. The van der Waals surface area contributed by atoms with Crippen LogP contribution in [-0.4, -0.2) is 52.5 Å². The average Bonchev–Trinajstić information content (AvgIpc) is 2.88. The summed E-state index contributed by atoms with van der Waals surface area (Å²) in [6.07, 6.45) is 5.03. The van der Waals surface area contributed by atoms with Gasteiger partial charge < -0.3 is 19.7 Å². The molecule has 0 amide bonds. The number of morpholine rings is 1. The Bertz CT molecular complexity index is 1380. The minimum atomic E-state index is 0.626. The van der Waals surface area contributed by atoms with Crippen LogP contribution in [0.1, 0.15) is 18.1 Å². The van der Waals surface area contributed by atoms with Gasteiger partial charge in [-0.05, 0) is 56.2 Å². The van der Waals surface area contributed by atoms with Crippen molar-refractivity contribution < 1.29 is 9.47 Å². The molecule has 1 aliphatic rings. The van der Waals surface area contributed by atoms with Crippen molar-refractivity contribution >= 4 is 40.4 Å². The first-order valence-electron chi connectivity index (χ1n) is 11.6. The number of aryl methyl sites for hydroxylation is 2. The molecule has 2 aromatic heterocycles.